The molecule has 1 heterocycles. The first-order valence-corrected chi connectivity index (χ1v) is 13.8. The number of nitrogens with zero attached hydrogens (tertiary/aromatic N) is 2. The van der Waals surface area contributed by atoms with Crippen molar-refractivity contribution >= 4 is 28.2 Å². The molecule has 0 saturated carbocycles. The summed E-state index contributed by atoms with van der Waals surface area (Å²) in [5, 5.41) is 15.0. The molecule has 206 valence electrons. The molecule has 3 rings (SSSR count). The van der Waals surface area contributed by atoms with Gasteiger partial charge >= 0.3 is 6.09 Å². The molecule has 0 aliphatic carbocycles. The number of ether oxygens (including phenoxy) is 1. The minimum Gasteiger partial charge on any atom is -0.444 e. The van der Waals surface area contributed by atoms with E-state index in [2.05, 4.69) is 57.8 Å². The number of anilines is 2. The topological polar surface area (TPSA) is 99.4 Å². The highest BCUT2D eigenvalue weighted by atomic mass is 16.6. The van der Waals surface area contributed by atoms with Gasteiger partial charge in [-0.2, -0.15) is 5.10 Å². The first-order chi connectivity index (χ1) is 18.2. The summed E-state index contributed by atoms with van der Waals surface area (Å²) in [5.41, 5.74) is 3.29. The van der Waals surface area contributed by atoms with Gasteiger partial charge in [-0.25, -0.2) is 9.89 Å². The molecule has 0 fully saturated rings. The zero-order valence-electron chi connectivity index (χ0n) is 23.5. The fraction of sp³-hybridized carbons (Fsp3) is 0.500. The summed E-state index contributed by atoms with van der Waals surface area (Å²) in [6.45, 7) is 13.4. The van der Waals surface area contributed by atoms with Crippen LogP contribution in [-0.4, -0.2) is 48.1 Å². The summed E-state index contributed by atoms with van der Waals surface area (Å²) in [6.07, 6.45) is 4.61. The Balaban J connectivity index is 1.72. The van der Waals surface area contributed by atoms with E-state index in [4.69, 9.17) is 4.74 Å². The first-order valence-electron chi connectivity index (χ1n) is 13.8. The summed E-state index contributed by atoms with van der Waals surface area (Å²) < 4.78 is 5.29. The third kappa shape index (κ3) is 8.23. The lowest BCUT2D eigenvalue weighted by atomic mass is 10.0. The van der Waals surface area contributed by atoms with E-state index in [-0.39, 0.29) is 11.7 Å². The van der Waals surface area contributed by atoms with Crippen molar-refractivity contribution in [1.82, 2.24) is 15.5 Å². The molecule has 2 aromatic carbocycles. The molecule has 1 amide bonds. The summed E-state index contributed by atoms with van der Waals surface area (Å²) in [7, 11) is 0. The molecule has 38 heavy (non-hydrogen) atoms. The van der Waals surface area contributed by atoms with E-state index in [1.165, 1.54) is 5.69 Å². The maximum Gasteiger partial charge on any atom is 0.407 e. The third-order valence-corrected chi connectivity index (χ3v) is 6.13. The Hall–Kier alpha value is -3.55. The van der Waals surface area contributed by atoms with E-state index in [1.54, 1.807) is 0 Å². The summed E-state index contributed by atoms with van der Waals surface area (Å²) in [4.78, 5) is 26.5. The van der Waals surface area contributed by atoms with Crippen molar-refractivity contribution in [2.24, 2.45) is 0 Å². The summed E-state index contributed by atoms with van der Waals surface area (Å²) in [5.74, 6) is 0. The number of carbonyl (C=O) groups is 1. The number of H-pyrrole nitrogens is 1. The monoisotopic (exact) mass is 521 g/mol. The average Bonchev–Trinajstić information content (AvgIpc) is 2.87. The molecule has 0 bridgehead atoms. The maximum atomic E-state index is 12.3. The largest absolute Gasteiger partial charge is 0.444 e. The van der Waals surface area contributed by atoms with Crippen LogP contribution >= 0.6 is 0 Å². The third-order valence-electron chi connectivity index (χ3n) is 6.13. The second-order valence-corrected chi connectivity index (χ2v) is 10.6. The van der Waals surface area contributed by atoms with Crippen LogP contribution in [-0.2, 0) is 4.74 Å². The molecule has 8 heteroatoms. The molecular formula is C30H43N5O3. The van der Waals surface area contributed by atoms with Crippen molar-refractivity contribution in [3.8, 4) is 11.3 Å². The second-order valence-electron chi connectivity index (χ2n) is 10.6. The quantitative estimate of drug-likeness (QED) is 0.228. The van der Waals surface area contributed by atoms with Crippen molar-refractivity contribution in [3.05, 3.63) is 52.8 Å². The van der Waals surface area contributed by atoms with Crippen LogP contribution in [0, 0.1) is 0 Å². The van der Waals surface area contributed by atoms with Gasteiger partial charge in [0.2, 0.25) is 0 Å². The Labute approximate surface area is 226 Å². The smallest absolute Gasteiger partial charge is 0.407 e. The van der Waals surface area contributed by atoms with Crippen LogP contribution in [0.2, 0.25) is 0 Å². The lowest BCUT2D eigenvalue weighted by Gasteiger charge is -2.27. The number of benzene rings is 2. The molecule has 8 nitrogen and oxygen atoms in total. The Morgan fingerprint density at radius 1 is 0.974 bits per heavy atom. The van der Waals surface area contributed by atoms with Gasteiger partial charge in [-0.15, -0.1) is 0 Å². The van der Waals surface area contributed by atoms with Crippen LogP contribution in [0.4, 0.5) is 16.2 Å². The molecule has 3 aromatic rings. The maximum absolute atomic E-state index is 12.3. The lowest BCUT2D eigenvalue weighted by molar-refractivity contribution is 0.0527. The van der Waals surface area contributed by atoms with Crippen LogP contribution in [0.1, 0.15) is 66.7 Å². The van der Waals surface area contributed by atoms with E-state index in [1.807, 2.05) is 45.0 Å². The Bertz CT molecular complexity index is 1240. The van der Waals surface area contributed by atoms with Crippen molar-refractivity contribution in [2.75, 3.05) is 36.4 Å². The number of rotatable bonds is 13. The number of nitrogens with one attached hydrogen (secondary N) is 3. The van der Waals surface area contributed by atoms with Gasteiger partial charge in [0.25, 0.3) is 5.56 Å². The highest BCUT2D eigenvalue weighted by molar-refractivity contribution is 5.94. The van der Waals surface area contributed by atoms with E-state index in [9.17, 15) is 9.59 Å². The summed E-state index contributed by atoms with van der Waals surface area (Å²) >= 11 is 0. The minimum atomic E-state index is -0.486. The van der Waals surface area contributed by atoms with Crippen LogP contribution in [0.15, 0.2) is 47.3 Å². The Morgan fingerprint density at radius 2 is 1.66 bits per heavy atom. The van der Waals surface area contributed by atoms with Gasteiger partial charge in [-0.1, -0.05) is 38.1 Å². The zero-order valence-corrected chi connectivity index (χ0v) is 23.5. The van der Waals surface area contributed by atoms with Crippen LogP contribution in [0.3, 0.4) is 0 Å². The van der Waals surface area contributed by atoms with E-state index >= 15 is 0 Å². The lowest BCUT2D eigenvalue weighted by Crippen LogP contribution is -2.33. The number of alkyl carbamates (subject to hydrolysis) is 1. The number of amides is 1. The number of fused-ring (bicyclic) bond motifs is 1. The van der Waals surface area contributed by atoms with Crippen molar-refractivity contribution < 1.29 is 9.53 Å². The molecule has 0 saturated heterocycles. The van der Waals surface area contributed by atoms with Gasteiger partial charge in [0.15, 0.2) is 0 Å². The van der Waals surface area contributed by atoms with Gasteiger partial charge in [-0.05, 0) is 71.1 Å². The van der Waals surface area contributed by atoms with Crippen molar-refractivity contribution in [3.63, 3.8) is 0 Å². The SMILES string of the molecule is CCCN(CCC)c1ccc(-c2n[nH]c(=O)c3ccccc23)cc1NCCCCCNC(=O)OC(C)(C)C. The fourth-order valence-electron chi connectivity index (χ4n) is 4.48. The first kappa shape index (κ1) is 29.0. The van der Waals surface area contributed by atoms with Gasteiger partial charge in [0, 0.05) is 37.1 Å². The predicted molar refractivity (Wildman–Crippen MR) is 157 cm³/mol. The van der Waals surface area contributed by atoms with Gasteiger partial charge < -0.3 is 20.3 Å². The van der Waals surface area contributed by atoms with E-state index < -0.39 is 5.60 Å². The molecular weight excluding hydrogens is 478 g/mol. The molecule has 1 aromatic heterocycles. The normalized spacial score (nSPS) is 11.4. The Morgan fingerprint density at radius 3 is 2.34 bits per heavy atom. The molecule has 0 unspecified atom stereocenters. The van der Waals surface area contributed by atoms with Gasteiger partial charge in [0.1, 0.15) is 5.60 Å². The fourth-order valence-corrected chi connectivity index (χ4v) is 4.48. The zero-order chi connectivity index (χ0) is 27.5. The summed E-state index contributed by atoms with van der Waals surface area (Å²) in [6, 6.07) is 14.0. The molecule has 0 radical (unpaired) electrons. The molecule has 0 spiro atoms. The molecule has 3 N–H and O–H groups in total. The number of unbranched alkanes of at least 4 members (excludes halogenated alkanes) is 2. The molecule has 0 atom stereocenters. The number of hydrogen-bond acceptors (Lipinski definition) is 6. The van der Waals surface area contributed by atoms with Gasteiger partial charge in [-0.3, -0.25) is 4.79 Å². The van der Waals surface area contributed by atoms with Crippen molar-refractivity contribution in [2.45, 2.75) is 72.3 Å². The van der Waals surface area contributed by atoms with E-state index in [0.29, 0.717) is 11.9 Å². The Kier molecular flexibility index (Phi) is 10.6. The average molecular weight is 522 g/mol. The van der Waals surface area contributed by atoms with Crippen LogP contribution < -0.4 is 21.1 Å². The number of aromatic nitrogens is 2. The highest BCUT2D eigenvalue weighted by Crippen LogP contribution is 2.33. The molecule has 0 aliphatic heterocycles. The van der Waals surface area contributed by atoms with Crippen molar-refractivity contribution in [1.29, 1.82) is 0 Å². The van der Waals surface area contributed by atoms with Crippen LogP contribution in [0.25, 0.3) is 22.0 Å². The highest BCUT2D eigenvalue weighted by Gasteiger charge is 2.16. The predicted octanol–water partition coefficient (Wildman–Crippen LogP) is 6.32. The molecule has 0 aliphatic rings. The number of aromatic amines is 1. The van der Waals surface area contributed by atoms with Gasteiger partial charge in [0.05, 0.1) is 22.5 Å². The second kappa shape index (κ2) is 13.8. The minimum absolute atomic E-state index is 0.183. The standard InChI is InChI=1S/C30H43N5O3/c1-6-19-35(20-7-2)26-16-15-22(27-23-13-9-10-14-24(23)28(36)34-33-27)21-25(26)31-17-11-8-12-18-32-29(37)38-30(3,4)5/h9-10,13-16,21,31H,6-8,11-12,17-20H2,1-5H3,(H,32,37)(H,34,36). The number of carbonyl (C=O) groups excluding carboxylic acids is 1. The number of hydrogen-bond donors (Lipinski definition) is 3. The van der Waals surface area contributed by atoms with E-state index in [0.717, 1.165) is 74.1 Å². The van der Waals surface area contributed by atoms with Crippen LogP contribution in [0.5, 0.6) is 0 Å².